The lowest BCUT2D eigenvalue weighted by Gasteiger charge is -2.13. The first-order valence-corrected chi connectivity index (χ1v) is 3.88. The number of nitrogens with two attached hydrogens (primary N) is 1. The summed E-state index contributed by atoms with van der Waals surface area (Å²) in [6.07, 6.45) is -4.13. The van der Waals surface area contributed by atoms with Crippen molar-refractivity contribution in [1.82, 2.24) is 4.98 Å². The molecule has 1 rings (SSSR count). The van der Waals surface area contributed by atoms with E-state index in [1.165, 1.54) is 6.07 Å². The summed E-state index contributed by atoms with van der Waals surface area (Å²) < 4.78 is 51.7. The third-order valence-electron chi connectivity index (χ3n) is 1.62. The molecule has 0 aliphatic carbocycles. The first kappa shape index (κ1) is 12.0. The Hall–Kier alpha value is -2.04. The first-order chi connectivity index (χ1) is 7.39. The fourth-order valence-electron chi connectivity index (χ4n) is 0.949. The van der Waals surface area contributed by atoms with Gasteiger partial charge in [0.05, 0.1) is 5.69 Å². The predicted octanol–water partition coefficient (Wildman–Crippen LogP) is 1.90. The van der Waals surface area contributed by atoms with E-state index in [1.807, 2.05) is 0 Å². The molecule has 0 saturated heterocycles. The molecule has 0 aromatic carbocycles. The van der Waals surface area contributed by atoms with Gasteiger partial charge < -0.3 is 10.5 Å². The van der Waals surface area contributed by atoms with Crippen molar-refractivity contribution in [2.45, 2.75) is 13.0 Å². The number of aromatic nitrogens is 1. The molecule has 86 valence electrons. The Bertz CT molecular complexity index is 438. The van der Waals surface area contributed by atoms with E-state index in [0.717, 1.165) is 6.20 Å². The molecule has 0 saturated carbocycles. The molecule has 0 aliphatic rings. The van der Waals surface area contributed by atoms with Crippen LogP contribution in [0, 0.1) is 11.3 Å². The lowest BCUT2D eigenvalue weighted by Crippen LogP contribution is -2.19. The molecule has 2 N–H and O–H groups in total. The number of alkyl halides is 4. The van der Waals surface area contributed by atoms with Gasteiger partial charge in [0, 0.05) is 11.8 Å². The molecule has 0 fully saturated rings. The number of nitriles is 1. The number of hydrogen-bond acceptors (Lipinski definition) is 4. The highest BCUT2D eigenvalue weighted by Crippen LogP contribution is 2.33. The number of hydrogen-bond donors (Lipinski definition) is 1. The molecule has 0 aliphatic heterocycles. The monoisotopic (exact) mass is 235 g/mol. The van der Waals surface area contributed by atoms with Gasteiger partial charge in [-0.3, -0.25) is 0 Å². The molecule has 0 amide bonds. The molecule has 0 unspecified atom stereocenters. The maximum absolute atomic E-state index is 12.3. The van der Waals surface area contributed by atoms with Gasteiger partial charge in [0.2, 0.25) is 0 Å². The van der Waals surface area contributed by atoms with Gasteiger partial charge >= 0.3 is 6.36 Å². The van der Waals surface area contributed by atoms with E-state index in [-0.39, 0.29) is 5.56 Å². The number of halogens is 4. The smallest absolute Gasteiger partial charge is 0.400 e. The minimum absolute atomic E-state index is 0.266. The van der Waals surface area contributed by atoms with Crippen LogP contribution in [-0.2, 0) is 6.67 Å². The third kappa shape index (κ3) is 2.50. The summed E-state index contributed by atoms with van der Waals surface area (Å²) in [5.74, 6) is -0.967. The summed E-state index contributed by atoms with van der Waals surface area (Å²) >= 11 is 0. The van der Waals surface area contributed by atoms with Gasteiger partial charge in [-0.15, -0.1) is 13.2 Å². The standard InChI is InChI=1S/C8H5F4N3O/c9-1-4-3-15-5(2-13)7(6(4)14)16-8(10,11)12/h3H,1H2,(H2,14,15). The normalized spacial score (nSPS) is 10.9. The topological polar surface area (TPSA) is 71.9 Å². The van der Waals surface area contributed by atoms with Crippen LogP contribution in [0.5, 0.6) is 5.75 Å². The van der Waals surface area contributed by atoms with Crippen LogP contribution in [0.25, 0.3) is 0 Å². The Morgan fingerprint density at radius 2 is 2.12 bits per heavy atom. The van der Waals surface area contributed by atoms with Crippen LogP contribution >= 0.6 is 0 Å². The van der Waals surface area contributed by atoms with Crippen molar-refractivity contribution in [3.05, 3.63) is 17.5 Å². The zero-order valence-corrected chi connectivity index (χ0v) is 7.68. The van der Waals surface area contributed by atoms with Gasteiger partial charge in [0.15, 0.2) is 11.4 Å². The van der Waals surface area contributed by atoms with Crippen molar-refractivity contribution >= 4 is 5.69 Å². The Labute approximate surface area is 87.3 Å². The largest absolute Gasteiger partial charge is 0.573 e. The zero-order valence-electron chi connectivity index (χ0n) is 7.68. The van der Waals surface area contributed by atoms with Crippen LogP contribution in [0.2, 0.25) is 0 Å². The van der Waals surface area contributed by atoms with Gasteiger partial charge in [-0.1, -0.05) is 0 Å². The predicted molar refractivity (Wildman–Crippen MR) is 44.9 cm³/mol. The number of pyridine rings is 1. The molecule has 0 radical (unpaired) electrons. The van der Waals surface area contributed by atoms with Gasteiger partial charge in [-0.2, -0.15) is 5.26 Å². The SMILES string of the molecule is N#Cc1ncc(CF)c(N)c1OC(F)(F)F. The Morgan fingerprint density at radius 3 is 2.56 bits per heavy atom. The number of ether oxygens (including phenoxy) is 1. The van der Waals surface area contributed by atoms with E-state index in [2.05, 4.69) is 9.72 Å². The lowest BCUT2D eigenvalue weighted by atomic mass is 10.2. The Morgan fingerprint density at radius 1 is 1.50 bits per heavy atom. The van der Waals surface area contributed by atoms with Gasteiger partial charge in [-0.25, -0.2) is 9.37 Å². The quantitative estimate of drug-likeness (QED) is 0.794. The Balaban J connectivity index is 3.28. The van der Waals surface area contributed by atoms with Gasteiger partial charge in [-0.05, 0) is 0 Å². The molecule has 8 heteroatoms. The maximum atomic E-state index is 12.3. The molecule has 4 nitrogen and oxygen atoms in total. The average molecular weight is 235 g/mol. The highest BCUT2D eigenvalue weighted by molar-refractivity contribution is 5.62. The van der Waals surface area contributed by atoms with Crippen molar-refractivity contribution < 1.29 is 22.3 Å². The van der Waals surface area contributed by atoms with E-state index in [1.54, 1.807) is 0 Å². The highest BCUT2D eigenvalue weighted by Gasteiger charge is 2.34. The van der Waals surface area contributed by atoms with E-state index in [4.69, 9.17) is 11.0 Å². The molecule has 1 aromatic rings. The molecule has 0 atom stereocenters. The van der Waals surface area contributed by atoms with Gasteiger partial charge in [0.1, 0.15) is 12.7 Å². The molecule has 16 heavy (non-hydrogen) atoms. The summed E-state index contributed by atoms with van der Waals surface area (Å²) in [4.78, 5) is 3.31. The van der Waals surface area contributed by atoms with Crippen molar-refractivity contribution in [2.75, 3.05) is 5.73 Å². The zero-order chi connectivity index (χ0) is 12.3. The summed E-state index contributed by atoms with van der Waals surface area (Å²) in [6.45, 7) is -1.10. The maximum Gasteiger partial charge on any atom is 0.573 e. The number of nitrogen functional groups attached to an aromatic ring is 1. The summed E-state index contributed by atoms with van der Waals surface area (Å²) in [5, 5.41) is 8.49. The summed E-state index contributed by atoms with van der Waals surface area (Å²) in [5.41, 5.74) is 3.73. The molecule has 1 heterocycles. The van der Waals surface area contributed by atoms with Crippen molar-refractivity contribution in [2.24, 2.45) is 0 Å². The van der Waals surface area contributed by atoms with Crippen molar-refractivity contribution in [3.63, 3.8) is 0 Å². The summed E-state index contributed by atoms with van der Waals surface area (Å²) in [7, 11) is 0. The fraction of sp³-hybridized carbons (Fsp3) is 0.250. The second-order valence-corrected chi connectivity index (χ2v) is 2.67. The van der Waals surface area contributed by atoms with Crippen LogP contribution in [-0.4, -0.2) is 11.3 Å². The fourth-order valence-corrected chi connectivity index (χ4v) is 0.949. The molecular weight excluding hydrogens is 230 g/mol. The van der Waals surface area contributed by atoms with E-state index in [9.17, 15) is 17.6 Å². The number of anilines is 1. The second kappa shape index (κ2) is 4.22. The first-order valence-electron chi connectivity index (χ1n) is 3.88. The van der Waals surface area contributed by atoms with Crippen LogP contribution < -0.4 is 10.5 Å². The van der Waals surface area contributed by atoms with E-state index in [0.29, 0.717) is 0 Å². The molecular formula is C8H5F4N3O. The third-order valence-corrected chi connectivity index (χ3v) is 1.62. The minimum atomic E-state index is -5.02. The second-order valence-electron chi connectivity index (χ2n) is 2.67. The molecule has 0 spiro atoms. The van der Waals surface area contributed by atoms with Crippen LogP contribution in [0.4, 0.5) is 23.2 Å². The summed E-state index contributed by atoms with van der Waals surface area (Å²) in [6, 6.07) is 1.37. The van der Waals surface area contributed by atoms with Crippen LogP contribution in [0.15, 0.2) is 6.20 Å². The van der Waals surface area contributed by atoms with Crippen molar-refractivity contribution in [3.8, 4) is 11.8 Å². The van der Waals surface area contributed by atoms with Crippen LogP contribution in [0.3, 0.4) is 0 Å². The van der Waals surface area contributed by atoms with E-state index < -0.39 is 30.2 Å². The Kier molecular flexibility index (Phi) is 3.17. The van der Waals surface area contributed by atoms with E-state index >= 15 is 0 Å². The average Bonchev–Trinajstić information content (AvgIpc) is 2.19. The van der Waals surface area contributed by atoms with Crippen LogP contribution in [0.1, 0.15) is 11.3 Å². The number of rotatable bonds is 2. The minimum Gasteiger partial charge on any atom is -0.400 e. The number of nitrogens with zero attached hydrogens (tertiary/aromatic N) is 2. The highest BCUT2D eigenvalue weighted by atomic mass is 19.4. The lowest BCUT2D eigenvalue weighted by molar-refractivity contribution is -0.274. The van der Waals surface area contributed by atoms with Crippen molar-refractivity contribution in [1.29, 1.82) is 5.26 Å². The van der Waals surface area contributed by atoms with Gasteiger partial charge in [0.25, 0.3) is 0 Å². The molecule has 0 bridgehead atoms. The molecule has 1 aromatic heterocycles.